The average Bonchev–Trinajstić information content (AvgIpc) is 1.87. The van der Waals surface area contributed by atoms with Crippen molar-refractivity contribution < 1.29 is 4.79 Å². The Morgan fingerprint density at radius 3 is 2.36 bits per heavy atom. The molecule has 0 amide bonds. The van der Waals surface area contributed by atoms with Crippen LogP contribution in [-0.2, 0) is 4.79 Å². The number of ketones is 1. The molecule has 11 heavy (non-hydrogen) atoms. The highest BCUT2D eigenvalue weighted by atomic mass is 16.1. The maximum Gasteiger partial charge on any atom is 0.147 e. The van der Waals surface area contributed by atoms with Gasteiger partial charge in [-0.2, -0.15) is 0 Å². The second-order valence-electron chi connectivity index (χ2n) is 3.20. The molecule has 3 N–H and O–H groups in total. The zero-order valence-electron chi connectivity index (χ0n) is 7.55. The average molecular weight is 158 g/mol. The zero-order chi connectivity index (χ0) is 8.85. The van der Waals surface area contributed by atoms with Crippen molar-refractivity contribution in [1.82, 2.24) is 5.32 Å². The van der Waals surface area contributed by atoms with Crippen LogP contribution in [0.4, 0.5) is 0 Å². The van der Waals surface area contributed by atoms with Gasteiger partial charge in [0.1, 0.15) is 5.78 Å². The highest BCUT2D eigenvalue weighted by molar-refractivity contribution is 5.81. The number of carbonyl (C=O) groups is 1. The highest BCUT2D eigenvalue weighted by Crippen LogP contribution is 1.90. The Bertz CT molecular complexity index is 123. The molecule has 3 heteroatoms. The Balaban J connectivity index is 3.61. The topological polar surface area (TPSA) is 55.1 Å². The van der Waals surface area contributed by atoms with Crippen molar-refractivity contribution in [3.63, 3.8) is 0 Å². The lowest BCUT2D eigenvalue weighted by Gasteiger charge is -2.14. The zero-order valence-corrected chi connectivity index (χ0v) is 7.55. The summed E-state index contributed by atoms with van der Waals surface area (Å²) < 4.78 is 0. The number of rotatable bonds is 5. The Morgan fingerprint density at radius 2 is 2.09 bits per heavy atom. The van der Waals surface area contributed by atoms with E-state index in [1.165, 1.54) is 0 Å². The maximum atomic E-state index is 10.8. The summed E-state index contributed by atoms with van der Waals surface area (Å²) in [6, 6.07) is -0.155. The first-order valence-corrected chi connectivity index (χ1v) is 4.01. The van der Waals surface area contributed by atoms with E-state index in [4.69, 9.17) is 5.73 Å². The summed E-state index contributed by atoms with van der Waals surface area (Å²) in [4.78, 5) is 10.8. The molecule has 0 fully saturated rings. The molecule has 0 spiro atoms. The minimum absolute atomic E-state index is 0.119. The predicted molar refractivity (Wildman–Crippen MR) is 46.4 cm³/mol. The molecule has 0 bridgehead atoms. The Labute approximate surface area is 68.3 Å². The smallest absolute Gasteiger partial charge is 0.147 e. The molecule has 0 aromatic heterocycles. The molecule has 66 valence electrons. The van der Waals surface area contributed by atoms with Crippen molar-refractivity contribution in [2.75, 3.05) is 13.1 Å². The van der Waals surface area contributed by atoms with Gasteiger partial charge >= 0.3 is 0 Å². The molecule has 3 nitrogen and oxygen atoms in total. The molecule has 1 atom stereocenters. The summed E-state index contributed by atoms with van der Waals surface area (Å²) in [5, 5.41) is 3.09. The van der Waals surface area contributed by atoms with E-state index >= 15 is 0 Å². The number of nitrogens with one attached hydrogen (secondary N) is 1. The standard InChI is InChI=1S/C8H18N2O/c1-6(2)5-10-8(4-9)7(3)11/h6,8,10H,4-5,9H2,1-3H3/t8-/m0/s1. The molecular formula is C8H18N2O. The van der Waals surface area contributed by atoms with Gasteiger partial charge in [-0.15, -0.1) is 0 Å². The van der Waals surface area contributed by atoms with Crippen molar-refractivity contribution in [2.24, 2.45) is 11.7 Å². The number of hydrogen-bond donors (Lipinski definition) is 2. The van der Waals surface area contributed by atoms with Crippen LogP contribution in [0.3, 0.4) is 0 Å². The van der Waals surface area contributed by atoms with Crippen molar-refractivity contribution in [3.05, 3.63) is 0 Å². The lowest BCUT2D eigenvalue weighted by Crippen LogP contribution is -2.43. The Morgan fingerprint density at radius 1 is 1.55 bits per heavy atom. The van der Waals surface area contributed by atoms with Crippen LogP contribution in [0.1, 0.15) is 20.8 Å². The van der Waals surface area contributed by atoms with E-state index in [9.17, 15) is 4.79 Å². The van der Waals surface area contributed by atoms with Crippen LogP contribution in [0, 0.1) is 5.92 Å². The molecule has 0 saturated carbocycles. The monoisotopic (exact) mass is 158 g/mol. The fourth-order valence-electron chi connectivity index (χ4n) is 0.771. The van der Waals surface area contributed by atoms with Gasteiger partial charge in [-0.3, -0.25) is 4.79 Å². The Hall–Kier alpha value is -0.410. The minimum atomic E-state index is -0.155. The molecule has 0 aliphatic rings. The van der Waals surface area contributed by atoms with Crippen LogP contribution in [0.2, 0.25) is 0 Å². The van der Waals surface area contributed by atoms with Crippen LogP contribution >= 0.6 is 0 Å². The van der Waals surface area contributed by atoms with Gasteiger partial charge in [-0.1, -0.05) is 13.8 Å². The summed E-state index contributed by atoms with van der Waals surface area (Å²) in [7, 11) is 0. The van der Waals surface area contributed by atoms with Crippen molar-refractivity contribution in [1.29, 1.82) is 0 Å². The second-order valence-corrected chi connectivity index (χ2v) is 3.20. The van der Waals surface area contributed by atoms with E-state index in [0.29, 0.717) is 12.5 Å². The molecule has 0 aromatic carbocycles. The van der Waals surface area contributed by atoms with Crippen molar-refractivity contribution in [2.45, 2.75) is 26.8 Å². The third kappa shape index (κ3) is 4.93. The van der Waals surface area contributed by atoms with Crippen LogP contribution in [0.15, 0.2) is 0 Å². The predicted octanol–water partition coefficient (Wildman–Crippen LogP) is 0.148. The van der Waals surface area contributed by atoms with E-state index in [2.05, 4.69) is 19.2 Å². The summed E-state index contributed by atoms with van der Waals surface area (Å²) in [6.07, 6.45) is 0. The normalized spacial score (nSPS) is 13.5. The van der Waals surface area contributed by atoms with E-state index in [-0.39, 0.29) is 11.8 Å². The van der Waals surface area contributed by atoms with E-state index < -0.39 is 0 Å². The van der Waals surface area contributed by atoms with Crippen molar-refractivity contribution in [3.8, 4) is 0 Å². The van der Waals surface area contributed by atoms with Gasteiger partial charge < -0.3 is 11.1 Å². The third-order valence-electron chi connectivity index (χ3n) is 1.50. The first-order chi connectivity index (χ1) is 5.07. The van der Waals surface area contributed by atoms with E-state index in [1.54, 1.807) is 6.92 Å². The summed E-state index contributed by atoms with van der Waals surface area (Å²) in [6.45, 7) is 7.00. The van der Waals surface area contributed by atoms with Gasteiger partial charge in [0.05, 0.1) is 6.04 Å². The molecule has 0 aliphatic heterocycles. The Kier molecular flexibility index (Phi) is 5.07. The van der Waals surface area contributed by atoms with Gasteiger partial charge in [-0.05, 0) is 19.4 Å². The van der Waals surface area contributed by atoms with Crippen molar-refractivity contribution >= 4 is 5.78 Å². The highest BCUT2D eigenvalue weighted by Gasteiger charge is 2.10. The second kappa shape index (κ2) is 5.27. The summed E-state index contributed by atoms with van der Waals surface area (Å²) in [5.41, 5.74) is 5.38. The van der Waals surface area contributed by atoms with Gasteiger partial charge in [0.25, 0.3) is 0 Å². The first-order valence-electron chi connectivity index (χ1n) is 4.01. The molecule has 0 saturated heterocycles. The van der Waals surface area contributed by atoms with Crippen LogP contribution in [0.25, 0.3) is 0 Å². The van der Waals surface area contributed by atoms with Gasteiger partial charge in [-0.25, -0.2) is 0 Å². The van der Waals surface area contributed by atoms with Gasteiger partial charge in [0, 0.05) is 6.54 Å². The molecule has 0 unspecified atom stereocenters. The lowest BCUT2D eigenvalue weighted by atomic mass is 10.1. The van der Waals surface area contributed by atoms with Gasteiger partial charge in [0.15, 0.2) is 0 Å². The number of nitrogens with two attached hydrogens (primary N) is 1. The molecule has 0 heterocycles. The number of carbonyl (C=O) groups excluding carboxylic acids is 1. The SMILES string of the molecule is CC(=O)[C@H](CN)NCC(C)C. The maximum absolute atomic E-state index is 10.8. The van der Waals surface area contributed by atoms with Gasteiger partial charge in [0.2, 0.25) is 0 Å². The summed E-state index contributed by atoms with van der Waals surface area (Å²) in [5.74, 6) is 0.677. The van der Waals surface area contributed by atoms with Crippen LogP contribution in [0.5, 0.6) is 0 Å². The fraction of sp³-hybridized carbons (Fsp3) is 0.875. The fourth-order valence-corrected chi connectivity index (χ4v) is 0.771. The summed E-state index contributed by atoms with van der Waals surface area (Å²) >= 11 is 0. The molecular weight excluding hydrogens is 140 g/mol. The largest absolute Gasteiger partial charge is 0.328 e. The van der Waals surface area contributed by atoms with Crippen LogP contribution in [-0.4, -0.2) is 24.9 Å². The number of Topliss-reactive ketones (excluding diaryl/α,β-unsaturated/α-hetero) is 1. The minimum Gasteiger partial charge on any atom is -0.328 e. The third-order valence-corrected chi connectivity index (χ3v) is 1.50. The van der Waals surface area contributed by atoms with E-state index in [0.717, 1.165) is 6.54 Å². The quantitative estimate of drug-likeness (QED) is 0.598. The molecule has 0 aliphatic carbocycles. The van der Waals surface area contributed by atoms with Crippen LogP contribution < -0.4 is 11.1 Å². The molecule has 0 radical (unpaired) electrons. The van der Waals surface area contributed by atoms with E-state index in [1.807, 2.05) is 0 Å². The molecule has 0 aromatic rings. The lowest BCUT2D eigenvalue weighted by molar-refractivity contribution is -0.118. The first kappa shape index (κ1) is 10.6. The molecule has 0 rings (SSSR count). The number of hydrogen-bond acceptors (Lipinski definition) is 3.